The maximum atomic E-state index is 6.33. The fourth-order valence-corrected chi connectivity index (χ4v) is 3.97. The molecular weight excluding hydrogens is 400 g/mol. The lowest BCUT2D eigenvalue weighted by molar-refractivity contribution is -0.106. The molecule has 1 heterocycles. The van der Waals surface area contributed by atoms with Gasteiger partial charge < -0.3 is 9.47 Å². The molecule has 23 heavy (non-hydrogen) atoms. The lowest BCUT2D eigenvalue weighted by Gasteiger charge is -2.22. The van der Waals surface area contributed by atoms with E-state index in [1.54, 1.807) is 26.0 Å². The van der Waals surface area contributed by atoms with Crippen LogP contribution in [0.3, 0.4) is 0 Å². The Morgan fingerprint density at radius 3 is 2.78 bits per heavy atom. The first-order valence-corrected chi connectivity index (χ1v) is 9.10. The summed E-state index contributed by atoms with van der Waals surface area (Å²) in [5.41, 5.74) is 6.35. The van der Waals surface area contributed by atoms with E-state index in [4.69, 9.17) is 21.1 Å². The van der Waals surface area contributed by atoms with Gasteiger partial charge in [0.25, 0.3) is 0 Å². The zero-order valence-corrected chi connectivity index (χ0v) is 15.8. The number of fused-ring (bicyclic) bond motifs is 1. The van der Waals surface area contributed by atoms with Gasteiger partial charge in [-0.25, -0.2) is 0 Å². The Bertz CT molecular complexity index is 712. The van der Waals surface area contributed by atoms with Crippen LogP contribution in [0, 0.1) is 0 Å². The highest BCUT2D eigenvalue weighted by atomic mass is 79.9. The monoisotopic (exact) mass is 414 g/mol. The third-order valence-corrected chi connectivity index (χ3v) is 5.85. The second-order valence-electron chi connectivity index (χ2n) is 4.95. The summed E-state index contributed by atoms with van der Waals surface area (Å²) < 4.78 is 11.5. The largest absolute Gasteiger partial charge is 0.352 e. The lowest BCUT2D eigenvalue weighted by Crippen LogP contribution is -2.26. The molecule has 0 aromatic heterocycles. The summed E-state index contributed by atoms with van der Waals surface area (Å²) in [6.45, 7) is 0. The van der Waals surface area contributed by atoms with E-state index >= 15 is 0 Å². The maximum absolute atomic E-state index is 6.33. The van der Waals surface area contributed by atoms with Crippen LogP contribution in [-0.4, -0.2) is 20.1 Å². The van der Waals surface area contributed by atoms with E-state index in [-0.39, 0.29) is 6.29 Å². The summed E-state index contributed by atoms with van der Waals surface area (Å²) in [7, 11) is 3.27. The van der Waals surface area contributed by atoms with Crippen LogP contribution in [0.1, 0.15) is 11.9 Å². The fraction of sp³-hybridized carbons (Fsp3) is 0.250. The van der Waals surface area contributed by atoms with Gasteiger partial charge in [-0.05, 0) is 40.2 Å². The van der Waals surface area contributed by atoms with Crippen molar-refractivity contribution >= 4 is 50.7 Å². The van der Waals surface area contributed by atoms with E-state index in [1.807, 2.05) is 24.3 Å². The molecule has 0 saturated carbocycles. The van der Waals surface area contributed by atoms with Crippen LogP contribution in [0.4, 0.5) is 11.4 Å². The molecule has 0 saturated heterocycles. The van der Waals surface area contributed by atoms with Crippen molar-refractivity contribution in [3.05, 3.63) is 51.5 Å². The Kier molecular flexibility index (Phi) is 5.38. The predicted molar refractivity (Wildman–Crippen MR) is 99.2 cm³/mol. The number of anilines is 2. The highest BCUT2D eigenvalue weighted by molar-refractivity contribution is 9.10. The van der Waals surface area contributed by atoms with Crippen LogP contribution in [-0.2, 0) is 9.47 Å². The molecule has 0 spiro atoms. The van der Waals surface area contributed by atoms with E-state index in [1.165, 1.54) is 4.90 Å². The number of nitrogens with zero attached hydrogens (tertiary/aromatic N) is 1. The number of halogens is 2. The van der Waals surface area contributed by atoms with Gasteiger partial charge in [0.2, 0.25) is 0 Å². The number of methoxy groups -OCH3 is 2. The van der Waals surface area contributed by atoms with Crippen LogP contribution in [0.2, 0.25) is 5.02 Å². The van der Waals surface area contributed by atoms with Gasteiger partial charge in [-0.15, -0.1) is 11.8 Å². The molecule has 0 amide bonds. The van der Waals surface area contributed by atoms with Gasteiger partial charge in [-0.2, -0.15) is 0 Å². The Morgan fingerprint density at radius 1 is 1.26 bits per heavy atom. The van der Waals surface area contributed by atoms with Crippen LogP contribution in [0.25, 0.3) is 0 Å². The number of hydrogen-bond acceptors (Lipinski definition) is 5. The Morgan fingerprint density at radius 2 is 2.04 bits per heavy atom. The van der Waals surface area contributed by atoms with Crippen molar-refractivity contribution in [1.82, 2.24) is 0 Å². The molecule has 122 valence electrons. The van der Waals surface area contributed by atoms with Crippen molar-refractivity contribution in [3.63, 3.8) is 0 Å². The fourth-order valence-electron chi connectivity index (χ4n) is 2.42. The summed E-state index contributed by atoms with van der Waals surface area (Å²) >= 11 is 11.5. The summed E-state index contributed by atoms with van der Waals surface area (Å²) in [5.74, 6) is 0.798. The maximum Gasteiger partial charge on any atom is 0.183 e. The average Bonchev–Trinajstić information content (AvgIpc) is 2.95. The molecule has 0 atom stereocenters. The number of benzene rings is 2. The quantitative estimate of drug-likeness (QED) is 0.671. The van der Waals surface area contributed by atoms with Crippen molar-refractivity contribution in [2.45, 2.75) is 11.2 Å². The zero-order valence-electron chi connectivity index (χ0n) is 12.7. The normalized spacial score (nSPS) is 13.5. The second kappa shape index (κ2) is 7.32. The minimum atomic E-state index is -0.345. The Balaban J connectivity index is 1.83. The number of thioether (sulfide) groups is 1. The molecule has 2 aromatic rings. The van der Waals surface area contributed by atoms with Crippen molar-refractivity contribution in [2.24, 2.45) is 0 Å². The molecule has 0 radical (unpaired) electrons. The molecule has 1 aliphatic rings. The first-order chi connectivity index (χ1) is 11.1. The van der Waals surface area contributed by atoms with E-state index in [0.717, 1.165) is 27.3 Å². The Hall–Kier alpha value is -0.920. The number of hydrogen-bond donors (Lipinski definition) is 1. The van der Waals surface area contributed by atoms with Crippen LogP contribution in [0.5, 0.6) is 0 Å². The van der Waals surface area contributed by atoms with E-state index < -0.39 is 0 Å². The van der Waals surface area contributed by atoms with Crippen molar-refractivity contribution in [2.75, 3.05) is 30.5 Å². The predicted octanol–water partition coefficient (Wildman–Crippen LogP) is 5.29. The molecule has 0 fully saturated rings. The average molecular weight is 416 g/mol. The molecule has 1 aliphatic heterocycles. The molecule has 1 N–H and O–H groups in total. The summed E-state index contributed by atoms with van der Waals surface area (Å²) in [5, 5.41) is 2.74. The van der Waals surface area contributed by atoms with Gasteiger partial charge in [0, 0.05) is 29.2 Å². The van der Waals surface area contributed by atoms with Gasteiger partial charge in [-0.3, -0.25) is 10.4 Å². The molecule has 3 rings (SSSR count). The SMILES string of the molecule is COC(OC)c1ccc2c(c1)SCN2Nc1cccc(Br)c1Cl. The molecule has 0 aliphatic carbocycles. The number of nitrogens with one attached hydrogen (secondary N) is 1. The minimum Gasteiger partial charge on any atom is -0.352 e. The zero-order chi connectivity index (χ0) is 16.4. The van der Waals surface area contributed by atoms with E-state index in [0.29, 0.717) is 5.02 Å². The molecule has 2 aromatic carbocycles. The van der Waals surface area contributed by atoms with Crippen molar-refractivity contribution in [1.29, 1.82) is 0 Å². The third-order valence-electron chi connectivity index (χ3n) is 3.53. The molecular formula is C16H16BrClN2O2S. The van der Waals surface area contributed by atoms with E-state index in [2.05, 4.69) is 38.5 Å². The smallest absolute Gasteiger partial charge is 0.183 e. The first-order valence-electron chi connectivity index (χ1n) is 6.94. The topological polar surface area (TPSA) is 33.7 Å². The first kappa shape index (κ1) is 16.9. The van der Waals surface area contributed by atoms with Crippen LogP contribution in [0.15, 0.2) is 45.8 Å². The van der Waals surface area contributed by atoms with Crippen molar-refractivity contribution in [3.8, 4) is 0 Å². The highest BCUT2D eigenvalue weighted by Gasteiger charge is 2.22. The van der Waals surface area contributed by atoms with Gasteiger partial charge in [-0.1, -0.05) is 23.7 Å². The number of hydrazine groups is 1. The van der Waals surface area contributed by atoms with Gasteiger partial charge in [0.15, 0.2) is 6.29 Å². The number of rotatable bonds is 5. The van der Waals surface area contributed by atoms with Gasteiger partial charge in [0.1, 0.15) is 0 Å². The minimum absolute atomic E-state index is 0.345. The summed E-state index contributed by atoms with van der Waals surface area (Å²) in [6, 6.07) is 12.0. The molecule has 4 nitrogen and oxygen atoms in total. The van der Waals surface area contributed by atoms with Crippen molar-refractivity contribution < 1.29 is 9.47 Å². The molecule has 0 unspecified atom stereocenters. The Labute approximate surface area is 153 Å². The standard InChI is InChI=1S/C16H16BrClN2O2S/c1-21-16(22-2)10-6-7-13-14(8-10)23-9-20(13)19-12-5-3-4-11(17)15(12)18/h3-8,16,19H,9H2,1-2H3. The molecule has 0 bridgehead atoms. The van der Waals surface area contributed by atoms with Crippen LogP contribution >= 0.6 is 39.3 Å². The summed E-state index contributed by atoms with van der Waals surface area (Å²) in [6.07, 6.45) is -0.345. The lowest BCUT2D eigenvalue weighted by atomic mass is 10.2. The van der Waals surface area contributed by atoms with Gasteiger partial charge >= 0.3 is 0 Å². The van der Waals surface area contributed by atoms with E-state index in [9.17, 15) is 0 Å². The second-order valence-corrected chi connectivity index (χ2v) is 7.16. The van der Waals surface area contributed by atoms with Crippen LogP contribution < -0.4 is 10.4 Å². The third kappa shape index (κ3) is 3.46. The van der Waals surface area contributed by atoms with Gasteiger partial charge in [0.05, 0.1) is 22.3 Å². The summed E-state index contributed by atoms with van der Waals surface area (Å²) in [4.78, 5) is 1.18. The highest BCUT2D eigenvalue weighted by Crippen LogP contribution is 2.41. The molecule has 7 heteroatoms. The number of ether oxygens (including phenoxy) is 2.